The van der Waals surface area contributed by atoms with Crippen LogP contribution < -0.4 is 0 Å². The Labute approximate surface area is 195 Å². The van der Waals surface area contributed by atoms with Gasteiger partial charge in [0.2, 0.25) is 0 Å². The second-order valence-electron chi connectivity index (χ2n) is 14.4. The van der Waals surface area contributed by atoms with Gasteiger partial charge in [0.1, 0.15) is 0 Å². The zero-order valence-electron chi connectivity index (χ0n) is 22.2. The number of fused-ring (bicyclic) bond motifs is 5. The minimum Gasteiger partial charge on any atom is -0.415 e. The quantitative estimate of drug-likeness (QED) is 0.382. The van der Waals surface area contributed by atoms with E-state index >= 15 is 0 Å². The monoisotopic (exact) mass is 464 g/mol. The topological polar surface area (TPSA) is 18.5 Å². The average Bonchev–Trinajstić information content (AvgIpc) is 2.97. The molecule has 0 saturated heterocycles. The standard InChI is InChI=1S/C27H52O2Si2/c1-19(28-30(4,5)6)23-12-13-24-22-11-10-20-18-21(29-31(7,8)9)14-16-26(20,2)25(22)15-17-27(23,24)3/h19-25H,10-18H2,1-9H3/t19-,20+,21-,22?,23+,24?,25?,26-,27+/m0/s1. The summed E-state index contributed by atoms with van der Waals surface area (Å²) in [5.41, 5.74) is 1.09. The maximum Gasteiger partial charge on any atom is 0.184 e. The molecule has 4 rings (SSSR count). The van der Waals surface area contributed by atoms with Crippen molar-refractivity contribution in [1.29, 1.82) is 0 Å². The van der Waals surface area contributed by atoms with E-state index in [0.717, 1.165) is 29.6 Å². The predicted molar refractivity (Wildman–Crippen MR) is 137 cm³/mol. The molecular formula is C27H52O2Si2. The van der Waals surface area contributed by atoms with E-state index in [2.05, 4.69) is 60.1 Å². The van der Waals surface area contributed by atoms with Crippen molar-refractivity contribution in [3.8, 4) is 0 Å². The summed E-state index contributed by atoms with van der Waals surface area (Å²) >= 11 is 0. The van der Waals surface area contributed by atoms with Crippen molar-refractivity contribution >= 4 is 16.6 Å². The molecule has 0 aromatic heterocycles. The summed E-state index contributed by atoms with van der Waals surface area (Å²) in [7, 11) is -2.91. The SMILES string of the molecule is C[C@H](O[Si](C)(C)C)[C@H]1CCC2C3CC[C@@H]4C[C@@H](O[Si](C)(C)C)CC[C@]4(C)C3CC[C@@]21C. The summed E-state index contributed by atoms with van der Waals surface area (Å²) in [4.78, 5) is 0. The van der Waals surface area contributed by atoms with Crippen LogP contribution in [0.3, 0.4) is 0 Å². The minimum atomic E-state index is -1.48. The summed E-state index contributed by atoms with van der Waals surface area (Å²) in [6, 6.07) is 0. The number of hydrogen-bond acceptors (Lipinski definition) is 2. The first-order valence-electron chi connectivity index (χ1n) is 13.6. The zero-order valence-corrected chi connectivity index (χ0v) is 24.2. The van der Waals surface area contributed by atoms with Gasteiger partial charge in [-0.3, -0.25) is 0 Å². The molecule has 0 bridgehead atoms. The fraction of sp³-hybridized carbons (Fsp3) is 1.00. The molecule has 0 N–H and O–H groups in total. The van der Waals surface area contributed by atoms with Crippen molar-refractivity contribution in [3.05, 3.63) is 0 Å². The lowest BCUT2D eigenvalue weighted by Gasteiger charge is -2.61. The van der Waals surface area contributed by atoms with Crippen molar-refractivity contribution in [1.82, 2.24) is 0 Å². The Bertz CT molecular complexity index is 653. The van der Waals surface area contributed by atoms with Gasteiger partial charge in [-0.25, -0.2) is 0 Å². The van der Waals surface area contributed by atoms with E-state index in [9.17, 15) is 0 Å². The molecule has 0 spiro atoms. The summed E-state index contributed by atoms with van der Waals surface area (Å²) in [5, 5.41) is 0. The van der Waals surface area contributed by atoms with E-state index in [1.165, 1.54) is 57.8 Å². The van der Waals surface area contributed by atoms with E-state index < -0.39 is 16.6 Å². The lowest BCUT2D eigenvalue weighted by atomic mass is 9.44. The highest BCUT2D eigenvalue weighted by molar-refractivity contribution is 6.70. The fourth-order valence-electron chi connectivity index (χ4n) is 9.28. The van der Waals surface area contributed by atoms with Crippen LogP contribution in [0.4, 0.5) is 0 Å². The maximum atomic E-state index is 6.66. The summed E-state index contributed by atoms with van der Waals surface area (Å²) in [6.07, 6.45) is 13.8. The lowest BCUT2D eigenvalue weighted by molar-refractivity contribution is -0.129. The van der Waals surface area contributed by atoms with Gasteiger partial charge in [-0.05, 0) is 144 Å². The summed E-state index contributed by atoms with van der Waals surface area (Å²) in [5.74, 6) is 4.55. The van der Waals surface area contributed by atoms with Crippen molar-refractivity contribution in [3.63, 3.8) is 0 Å². The molecule has 9 atom stereocenters. The third-order valence-corrected chi connectivity index (χ3v) is 12.4. The molecule has 0 radical (unpaired) electrons. The van der Waals surface area contributed by atoms with Gasteiger partial charge in [-0.2, -0.15) is 0 Å². The highest BCUT2D eigenvalue weighted by Gasteiger charge is 2.61. The van der Waals surface area contributed by atoms with Crippen LogP contribution in [0.5, 0.6) is 0 Å². The van der Waals surface area contributed by atoms with Gasteiger partial charge in [0.15, 0.2) is 16.6 Å². The summed E-state index contributed by atoms with van der Waals surface area (Å²) < 4.78 is 13.3. The number of hydrogen-bond donors (Lipinski definition) is 0. The molecule has 180 valence electrons. The van der Waals surface area contributed by atoms with Gasteiger partial charge in [0.25, 0.3) is 0 Å². The van der Waals surface area contributed by atoms with E-state index in [4.69, 9.17) is 8.85 Å². The highest BCUT2D eigenvalue weighted by Crippen LogP contribution is 2.68. The molecule has 4 heteroatoms. The minimum absolute atomic E-state index is 0.444. The van der Waals surface area contributed by atoms with Crippen LogP contribution in [-0.4, -0.2) is 28.8 Å². The van der Waals surface area contributed by atoms with Crippen molar-refractivity contribution in [2.75, 3.05) is 0 Å². The van der Waals surface area contributed by atoms with Crippen molar-refractivity contribution in [2.45, 2.75) is 130 Å². The molecule has 0 heterocycles. The van der Waals surface area contributed by atoms with Crippen LogP contribution in [0, 0.1) is 40.4 Å². The third-order valence-electron chi connectivity index (χ3n) is 10.3. The molecule has 3 unspecified atom stereocenters. The van der Waals surface area contributed by atoms with E-state index in [1.807, 2.05) is 0 Å². The molecule has 4 fully saturated rings. The summed E-state index contributed by atoms with van der Waals surface area (Å²) in [6.45, 7) is 21.9. The van der Waals surface area contributed by atoms with E-state index in [-0.39, 0.29) is 0 Å². The van der Waals surface area contributed by atoms with Crippen LogP contribution in [-0.2, 0) is 8.85 Å². The van der Waals surface area contributed by atoms with Crippen LogP contribution in [0.15, 0.2) is 0 Å². The lowest BCUT2D eigenvalue weighted by Crippen LogP contribution is -2.55. The van der Waals surface area contributed by atoms with Gasteiger partial charge < -0.3 is 8.85 Å². The molecule has 0 aliphatic heterocycles. The second-order valence-corrected chi connectivity index (χ2v) is 23.4. The van der Waals surface area contributed by atoms with Gasteiger partial charge in [0.05, 0.1) is 0 Å². The molecule has 4 aliphatic carbocycles. The van der Waals surface area contributed by atoms with Gasteiger partial charge in [-0.1, -0.05) is 13.8 Å². The Kier molecular flexibility index (Phi) is 6.50. The normalized spacial score (nSPS) is 46.7. The average molecular weight is 465 g/mol. The smallest absolute Gasteiger partial charge is 0.184 e. The molecule has 4 saturated carbocycles. The van der Waals surface area contributed by atoms with E-state index in [1.54, 1.807) is 0 Å². The molecule has 2 nitrogen and oxygen atoms in total. The maximum absolute atomic E-state index is 6.66. The van der Waals surface area contributed by atoms with Gasteiger partial charge in [-0.15, -0.1) is 0 Å². The van der Waals surface area contributed by atoms with Crippen molar-refractivity contribution < 1.29 is 8.85 Å². The van der Waals surface area contributed by atoms with Gasteiger partial charge in [0, 0.05) is 12.2 Å². The Balaban J connectivity index is 1.48. The Morgan fingerprint density at radius 3 is 2.03 bits per heavy atom. The van der Waals surface area contributed by atoms with Crippen LogP contribution in [0.25, 0.3) is 0 Å². The molecule has 0 aromatic carbocycles. The highest BCUT2D eigenvalue weighted by atomic mass is 28.4. The Morgan fingerprint density at radius 2 is 1.39 bits per heavy atom. The largest absolute Gasteiger partial charge is 0.415 e. The van der Waals surface area contributed by atoms with Crippen molar-refractivity contribution in [2.24, 2.45) is 40.4 Å². The Hall–Kier alpha value is 0.354. The predicted octanol–water partition coefficient (Wildman–Crippen LogP) is 8.11. The molecule has 4 aliphatic rings. The first-order chi connectivity index (χ1) is 14.2. The third kappa shape index (κ3) is 4.66. The number of rotatable bonds is 5. The molecular weight excluding hydrogens is 412 g/mol. The Morgan fingerprint density at radius 1 is 0.742 bits per heavy atom. The zero-order chi connectivity index (χ0) is 22.8. The van der Waals surface area contributed by atoms with Crippen LogP contribution in [0.1, 0.15) is 78.6 Å². The van der Waals surface area contributed by atoms with E-state index in [0.29, 0.717) is 23.0 Å². The van der Waals surface area contributed by atoms with Crippen LogP contribution >= 0.6 is 0 Å². The molecule has 0 amide bonds. The van der Waals surface area contributed by atoms with Gasteiger partial charge >= 0.3 is 0 Å². The first kappa shape index (κ1) is 24.5. The molecule has 31 heavy (non-hydrogen) atoms. The molecule has 0 aromatic rings. The fourth-order valence-corrected chi connectivity index (χ4v) is 11.8. The second kappa shape index (κ2) is 8.24. The first-order valence-corrected chi connectivity index (χ1v) is 20.4. The van der Waals surface area contributed by atoms with Crippen LogP contribution in [0.2, 0.25) is 39.3 Å².